The van der Waals surface area contributed by atoms with Gasteiger partial charge in [-0.2, -0.15) is 17.9 Å². The van der Waals surface area contributed by atoms with E-state index in [0.717, 1.165) is 18.7 Å². The number of rotatable bonds is 7. The van der Waals surface area contributed by atoms with Crippen LogP contribution in [0.5, 0.6) is 0 Å². The maximum Gasteiger partial charge on any atom is 0.416 e. The summed E-state index contributed by atoms with van der Waals surface area (Å²) in [5.41, 5.74) is -0.216. The van der Waals surface area contributed by atoms with Gasteiger partial charge >= 0.3 is 6.18 Å². The number of alkyl halides is 3. The number of halogens is 3. The summed E-state index contributed by atoms with van der Waals surface area (Å²) in [5.74, 6) is 0.558. The molecule has 0 saturated heterocycles. The zero-order chi connectivity index (χ0) is 16.9. The standard InChI is InChI=1S/C14H18F3N5O/c1-3-21(8-9-23-2)10-13-18-19-20-22(13)12-6-4-11(5-7-12)14(15,16)17/h4-7H,3,8-10H2,1-2H3. The molecule has 0 atom stereocenters. The number of methoxy groups -OCH3 is 1. The van der Waals surface area contributed by atoms with Crippen LogP contribution in [0.1, 0.15) is 18.3 Å². The van der Waals surface area contributed by atoms with E-state index in [-0.39, 0.29) is 0 Å². The molecular formula is C14H18F3N5O. The number of ether oxygens (including phenoxy) is 1. The van der Waals surface area contributed by atoms with Crippen LogP contribution < -0.4 is 0 Å². The molecule has 6 nitrogen and oxygen atoms in total. The summed E-state index contributed by atoms with van der Waals surface area (Å²) >= 11 is 0. The molecule has 0 spiro atoms. The Kier molecular flexibility index (Phi) is 5.67. The van der Waals surface area contributed by atoms with Crippen molar-refractivity contribution in [1.82, 2.24) is 25.1 Å². The normalized spacial score (nSPS) is 12.1. The summed E-state index contributed by atoms with van der Waals surface area (Å²) in [6, 6.07) is 4.74. The first kappa shape index (κ1) is 17.4. The van der Waals surface area contributed by atoms with Crippen LogP contribution >= 0.6 is 0 Å². The third-order valence-corrected chi connectivity index (χ3v) is 3.40. The lowest BCUT2D eigenvalue weighted by Gasteiger charge is -2.19. The van der Waals surface area contributed by atoms with Crippen LogP contribution in [0.2, 0.25) is 0 Å². The molecule has 1 heterocycles. The largest absolute Gasteiger partial charge is 0.416 e. The summed E-state index contributed by atoms with van der Waals surface area (Å²) in [7, 11) is 1.63. The highest BCUT2D eigenvalue weighted by Crippen LogP contribution is 2.29. The summed E-state index contributed by atoms with van der Waals surface area (Å²) in [6.07, 6.45) is -4.36. The molecule has 0 aliphatic carbocycles. The Morgan fingerprint density at radius 1 is 1.22 bits per heavy atom. The number of aromatic nitrogens is 4. The van der Waals surface area contributed by atoms with Crippen molar-refractivity contribution in [3.63, 3.8) is 0 Å². The molecular weight excluding hydrogens is 311 g/mol. The fourth-order valence-electron chi connectivity index (χ4n) is 2.07. The number of benzene rings is 1. The average Bonchev–Trinajstić information content (AvgIpc) is 2.98. The van der Waals surface area contributed by atoms with Crippen LogP contribution in [0.15, 0.2) is 24.3 Å². The maximum atomic E-state index is 12.6. The van der Waals surface area contributed by atoms with Gasteiger partial charge in [0.2, 0.25) is 0 Å². The molecule has 0 aliphatic heterocycles. The van der Waals surface area contributed by atoms with Gasteiger partial charge in [0.25, 0.3) is 0 Å². The van der Waals surface area contributed by atoms with E-state index >= 15 is 0 Å². The predicted molar refractivity (Wildman–Crippen MR) is 77.0 cm³/mol. The van der Waals surface area contributed by atoms with Crippen LogP contribution in [-0.2, 0) is 17.5 Å². The average molecular weight is 329 g/mol. The first-order valence-corrected chi connectivity index (χ1v) is 7.12. The van der Waals surface area contributed by atoms with Crippen LogP contribution in [0, 0.1) is 0 Å². The first-order chi connectivity index (χ1) is 11.0. The minimum atomic E-state index is -4.36. The zero-order valence-electron chi connectivity index (χ0n) is 12.9. The summed E-state index contributed by atoms with van der Waals surface area (Å²) in [4.78, 5) is 2.08. The lowest BCUT2D eigenvalue weighted by Crippen LogP contribution is -2.28. The van der Waals surface area contributed by atoms with Crippen LogP contribution in [0.3, 0.4) is 0 Å². The molecule has 0 fully saturated rings. The molecule has 1 aromatic heterocycles. The molecule has 0 aliphatic rings. The topological polar surface area (TPSA) is 56.1 Å². The van der Waals surface area contributed by atoms with Crippen molar-refractivity contribution in [3.05, 3.63) is 35.7 Å². The highest BCUT2D eigenvalue weighted by molar-refractivity contribution is 5.35. The Morgan fingerprint density at radius 3 is 2.48 bits per heavy atom. The van der Waals surface area contributed by atoms with E-state index in [2.05, 4.69) is 20.4 Å². The SMILES string of the molecule is CCN(CCOC)Cc1nnnn1-c1ccc(C(F)(F)F)cc1. The van der Waals surface area contributed by atoms with Crippen molar-refractivity contribution in [2.75, 3.05) is 26.8 Å². The van der Waals surface area contributed by atoms with E-state index in [1.54, 1.807) is 7.11 Å². The molecule has 2 aromatic rings. The minimum absolute atomic E-state index is 0.480. The van der Waals surface area contributed by atoms with E-state index in [9.17, 15) is 13.2 Å². The van der Waals surface area contributed by atoms with Gasteiger partial charge in [0.1, 0.15) is 0 Å². The number of nitrogens with zero attached hydrogens (tertiary/aromatic N) is 5. The van der Waals surface area contributed by atoms with E-state index in [4.69, 9.17) is 4.74 Å². The van der Waals surface area contributed by atoms with Gasteiger partial charge in [-0.05, 0) is 41.2 Å². The molecule has 0 radical (unpaired) electrons. The van der Waals surface area contributed by atoms with Crippen LogP contribution in [0.25, 0.3) is 5.69 Å². The number of likely N-dealkylation sites (N-methyl/N-ethyl adjacent to an activating group) is 1. The van der Waals surface area contributed by atoms with Crippen molar-refractivity contribution in [1.29, 1.82) is 0 Å². The summed E-state index contributed by atoms with van der Waals surface area (Å²) in [5, 5.41) is 11.4. The van der Waals surface area contributed by atoms with Crippen molar-refractivity contribution in [3.8, 4) is 5.69 Å². The Labute approximate surface area is 131 Å². The van der Waals surface area contributed by atoms with Crippen molar-refractivity contribution < 1.29 is 17.9 Å². The van der Waals surface area contributed by atoms with Gasteiger partial charge in [-0.15, -0.1) is 5.10 Å². The molecule has 0 saturated carbocycles. The Morgan fingerprint density at radius 2 is 1.91 bits per heavy atom. The van der Waals surface area contributed by atoms with Gasteiger partial charge in [0, 0.05) is 13.7 Å². The Bertz CT molecular complexity index is 612. The second kappa shape index (κ2) is 7.51. The summed E-state index contributed by atoms with van der Waals surface area (Å²) in [6.45, 7) is 4.56. The molecule has 1 aromatic carbocycles. The van der Waals surface area contributed by atoms with Crippen molar-refractivity contribution in [2.45, 2.75) is 19.6 Å². The maximum absolute atomic E-state index is 12.6. The number of tetrazole rings is 1. The molecule has 0 amide bonds. The molecule has 2 rings (SSSR count). The fourth-order valence-corrected chi connectivity index (χ4v) is 2.07. The van der Waals surface area contributed by atoms with Gasteiger partial charge in [0.05, 0.1) is 24.4 Å². The fraction of sp³-hybridized carbons (Fsp3) is 0.500. The smallest absolute Gasteiger partial charge is 0.383 e. The second-order valence-corrected chi connectivity index (χ2v) is 4.91. The molecule has 23 heavy (non-hydrogen) atoms. The predicted octanol–water partition coefficient (Wildman–Crippen LogP) is 2.15. The molecule has 0 bridgehead atoms. The molecule has 126 valence electrons. The van der Waals surface area contributed by atoms with E-state index in [0.29, 0.717) is 31.2 Å². The molecule has 0 N–H and O–H groups in total. The molecule has 0 unspecified atom stereocenters. The van der Waals surface area contributed by atoms with Gasteiger partial charge in [0.15, 0.2) is 5.82 Å². The Balaban J connectivity index is 2.17. The summed E-state index contributed by atoms with van der Waals surface area (Å²) < 4.78 is 44.3. The first-order valence-electron chi connectivity index (χ1n) is 7.12. The van der Waals surface area contributed by atoms with Crippen LogP contribution in [-0.4, -0.2) is 51.9 Å². The monoisotopic (exact) mass is 329 g/mol. The van der Waals surface area contributed by atoms with Crippen molar-refractivity contribution in [2.24, 2.45) is 0 Å². The van der Waals surface area contributed by atoms with Crippen LogP contribution in [0.4, 0.5) is 13.2 Å². The lowest BCUT2D eigenvalue weighted by molar-refractivity contribution is -0.137. The highest BCUT2D eigenvalue weighted by Gasteiger charge is 2.30. The van der Waals surface area contributed by atoms with E-state index in [1.807, 2.05) is 6.92 Å². The van der Waals surface area contributed by atoms with Crippen molar-refractivity contribution >= 4 is 0 Å². The van der Waals surface area contributed by atoms with Gasteiger partial charge in [-0.25, -0.2) is 0 Å². The van der Waals surface area contributed by atoms with E-state index < -0.39 is 11.7 Å². The van der Waals surface area contributed by atoms with Gasteiger partial charge < -0.3 is 4.74 Å². The van der Waals surface area contributed by atoms with Gasteiger partial charge in [-0.3, -0.25) is 4.90 Å². The third kappa shape index (κ3) is 4.49. The quantitative estimate of drug-likeness (QED) is 0.779. The molecule has 9 heteroatoms. The number of hydrogen-bond acceptors (Lipinski definition) is 5. The second-order valence-electron chi connectivity index (χ2n) is 4.91. The lowest BCUT2D eigenvalue weighted by atomic mass is 10.2. The minimum Gasteiger partial charge on any atom is -0.383 e. The Hall–Kier alpha value is -2.00. The third-order valence-electron chi connectivity index (χ3n) is 3.40. The van der Waals surface area contributed by atoms with E-state index in [1.165, 1.54) is 16.8 Å². The highest BCUT2D eigenvalue weighted by atomic mass is 19.4. The zero-order valence-corrected chi connectivity index (χ0v) is 12.9. The number of hydrogen-bond donors (Lipinski definition) is 0. The van der Waals surface area contributed by atoms with Gasteiger partial charge in [-0.1, -0.05) is 6.92 Å².